The number of nitrogens with one attached hydrogen (secondary N) is 7. The van der Waals surface area contributed by atoms with E-state index in [1.807, 2.05) is 64.6 Å². The van der Waals surface area contributed by atoms with Crippen molar-refractivity contribution in [2.75, 3.05) is 70.1 Å². The Bertz CT molecular complexity index is 4670. The van der Waals surface area contributed by atoms with Crippen LogP contribution >= 0.6 is 0 Å². The van der Waals surface area contributed by atoms with Gasteiger partial charge in [-0.3, -0.25) is 9.97 Å². The third kappa shape index (κ3) is 25.9. The van der Waals surface area contributed by atoms with Gasteiger partial charge >= 0.3 is 0 Å². The lowest BCUT2D eigenvalue weighted by Gasteiger charge is -2.57. The van der Waals surface area contributed by atoms with Gasteiger partial charge in [0.1, 0.15) is 77.5 Å². The summed E-state index contributed by atoms with van der Waals surface area (Å²) in [4.78, 5) is 55.8. The number of anilines is 7. The molecule has 616 valence electrons. The third-order valence-corrected chi connectivity index (χ3v) is 22.2. The molecule has 7 atom stereocenters. The standard InChI is InChI=1S/C22H30N6O2.C22H30N6O.C21H27FN6O2.C20H26N6O/c1-4-30-19-11-15(7-9-24-19)8-10-25-21-26-14-16(13-23)20(28-21)27-17-5-6-18(29)22(2,3)12-17;1-4-15-9-16(13-24-12-15)7-8-25-21-26-14-17(11-23)20(28-21)27-18-5-6-19(29)22(2,3)10-18;1-13(22)11-30-18-15(8-24-12-27-18)10-26-19-25-9-14(7-23)17(28-19)5-16-6-21(4,29)20(16,2)3;1-2-14-9-15(12-22-11-14)7-8-23-20-24-13-16(10-21)19(26-20)25-17-3-5-18(27)6-4-17/h7,9,11,14,17-18,29H,4-6,8,10,12H2,1-3H3,(H2,25,26,27,28);9,12-14,18-19,29H,4-8,10H2,1-3H3,(H2,25,26,27,28);8-9,12-13,16,29H,5-6,10-11H2,1-4H3,(H,25,26,28);9,11-13,17-18,27H,2-8H2,1H3,(H2,23,24,25,26)/t17-,18+;18-,19+;13?,16-,21+;/m111./s1. The highest BCUT2D eigenvalue weighted by Gasteiger charge is 2.56. The second kappa shape index (κ2) is 42.4. The predicted octanol–water partition coefficient (Wildman–Crippen LogP) is 12.0. The van der Waals surface area contributed by atoms with Gasteiger partial charge in [0.25, 0.3) is 0 Å². The molecule has 0 radical (unpaired) electrons. The highest BCUT2D eigenvalue weighted by atomic mass is 19.1. The molecule has 0 aromatic carbocycles. The van der Waals surface area contributed by atoms with Crippen molar-refractivity contribution in [1.82, 2.24) is 64.8 Å². The second-order valence-corrected chi connectivity index (χ2v) is 32.2. The van der Waals surface area contributed by atoms with E-state index in [0.717, 1.165) is 102 Å². The van der Waals surface area contributed by atoms with Gasteiger partial charge in [-0.25, -0.2) is 44.3 Å². The van der Waals surface area contributed by atoms with Crippen LogP contribution in [0, 0.1) is 67.5 Å². The fourth-order valence-electron chi connectivity index (χ4n) is 14.4. The van der Waals surface area contributed by atoms with Crippen LogP contribution in [0.1, 0.15) is 208 Å². The first kappa shape index (κ1) is 88.7. The maximum atomic E-state index is 13.1. The van der Waals surface area contributed by atoms with E-state index in [2.05, 4.69) is 180 Å². The summed E-state index contributed by atoms with van der Waals surface area (Å²) in [6, 6.07) is 17.4. The van der Waals surface area contributed by atoms with Gasteiger partial charge in [0.2, 0.25) is 35.6 Å². The molecule has 30 nitrogen and oxygen atoms in total. The first-order chi connectivity index (χ1) is 55.6. The van der Waals surface area contributed by atoms with E-state index >= 15 is 0 Å². The zero-order valence-electron chi connectivity index (χ0n) is 68.6. The summed E-state index contributed by atoms with van der Waals surface area (Å²) in [7, 11) is 0. The third-order valence-electron chi connectivity index (χ3n) is 22.2. The summed E-state index contributed by atoms with van der Waals surface area (Å²) in [5.74, 6) is 4.64. The Morgan fingerprint density at radius 2 is 0.966 bits per heavy atom. The Hall–Kier alpha value is -11.2. The molecular weight excluding hydrogens is 1470 g/mol. The number of rotatable bonds is 30. The van der Waals surface area contributed by atoms with Crippen molar-refractivity contribution in [2.24, 2.45) is 22.2 Å². The van der Waals surface area contributed by atoms with Gasteiger partial charge in [-0.05, 0) is 186 Å². The van der Waals surface area contributed by atoms with E-state index in [4.69, 9.17) is 9.47 Å². The molecule has 11 N–H and O–H groups in total. The maximum Gasteiger partial charge on any atom is 0.224 e. The van der Waals surface area contributed by atoms with Gasteiger partial charge in [0, 0.05) is 87.6 Å². The highest BCUT2D eigenvalue weighted by molar-refractivity contribution is 5.56. The van der Waals surface area contributed by atoms with Crippen LogP contribution < -0.4 is 46.7 Å². The zero-order valence-corrected chi connectivity index (χ0v) is 68.6. The minimum atomic E-state index is -1.11. The second-order valence-electron chi connectivity index (χ2n) is 32.2. The fraction of sp³-hybridized carbons (Fsp3) is 0.541. The minimum Gasteiger partial charge on any atom is -0.478 e. The van der Waals surface area contributed by atoms with Crippen molar-refractivity contribution < 1.29 is 34.3 Å². The highest BCUT2D eigenvalue weighted by Crippen LogP contribution is 2.55. The number of halogens is 1. The molecule has 0 saturated heterocycles. The molecule has 0 bridgehead atoms. The quantitative estimate of drug-likeness (QED) is 0.0199. The van der Waals surface area contributed by atoms with E-state index in [1.54, 1.807) is 31.0 Å². The van der Waals surface area contributed by atoms with E-state index in [-0.39, 0.29) is 71.8 Å². The molecule has 0 spiro atoms. The lowest BCUT2D eigenvalue weighted by molar-refractivity contribution is -0.181. The lowest BCUT2D eigenvalue weighted by atomic mass is 9.51. The fourth-order valence-corrected chi connectivity index (χ4v) is 14.4. The van der Waals surface area contributed by atoms with Gasteiger partial charge in [0.15, 0.2) is 0 Å². The van der Waals surface area contributed by atoms with Gasteiger partial charge in [-0.1, -0.05) is 67.5 Å². The number of ether oxygens (including phenoxy) is 2. The normalized spacial score (nSPS) is 20.9. The first-order valence-corrected chi connectivity index (χ1v) is 40.2. The van der Waals surface area contributed by atoms with Gasteiger partial charge < -0.3 is 67.1 Å². The van der Waals surface area contributed by atoms with Crippen molar-refractivity contribution >= 4 is 41.2 Å². The van der Waals surface area contributed by atoms with Crippen molar-refractivity contribution in [3.8, 4) is 36.0 Å². The number of nitriles is 4. The van der Waals surface area contributed by atoms with Crippen LogP contribution in [-0.2, 0) is 45.1 Å². The molecule has 8 aromatic heterocycles. The number of alkyl halides is 1. The van der Waals surface area contributed by atoms with Crippen molar-refractivity contribution in [2.45, 2.75) is 240 Å². The molecule has 0 aliphatic heterocycles. The number of nitrogens with zero attached hydrogens (tertiary/aromatic N) is 17. The van der Waals surface area contributed by atoms with Crippen molar-refractivity contribution in [3.05, 3.63) is 154 Å². The number of aliphatic hydroxyl groups is 4. The smallest absolute Gasteiger partial charge is 0.224 e. The van der Waals surface area contributed by atoms with Crippen LogP contribution in [0.2, 0.25) is 0 Å². The van der Waals surface area contributed by atoms with E-state index in [9.17, 15) is 45.9 Å². The van der Waals surface area contributed by atoms with Crippen LogP contribution in [0.15, 0.2) is 92.6 Å². The average molecular weight is 1590 g/mol. The van der Waals surface area contributed by atoms with E-state index in [1.165, 1.54) is 41.7 Å². The Labute approximate surface area is 680 Å². The van der Waals surface area contributed by atoms with Gasteiger partial charge in [-0.15, -0.1) is 0 Å². The van der Waals surface area contributed by atoms with Crippen LogP contribution in [0.3, 0.4) is 0 Å². The van der Waals surface area contributed by atoms with Crippen LogP contribution in [0.4, 0.5) is 45.6 Å². The molecule has 4 aliphatic carbocycles. The van der Waals surface area contributed by atoms with Crippen LogP contribution in [-0.4, -0.2) is 166 Å². The SMILES string of the molecule is CC(F)COc1ncncc1CNc1ncc(C#N)c(C[C@@H]2C[C@](C)(O)C2(C)C)n1.CCOc1cc(CCNc2ncc(C#N)c(N[C@@H]3CC[C@H](O)C(C)(C)C3)n2)ccn1.CCc1cncc(CCNc2ncc(C#N)c(NC3CCC(O)CC3)n2)c1.CCc1cncc(CCNc2ncc(C#N)c(N[C@@H]3CC[C@H](O)C(C)(C)C3)n2)c1. The summed E-state index contributed by atoms with van der Waals surface area (Å²) in [6.45, 7) is 24.6. The number of aromatic nitrogens is 13. The number of hydrogen-bond acceptors (Lipinski definition) is 30. The number of pyridine rings is 3. The summed E-state index contributed by atoms with van der Waals surface area (Å²) >= 11 is 0. The number of aliphatic hydroxyl groups excluding tert-OH is 3. The van der Waals surface area contributed by atoms with Crippen molar-refractivity contribution in [3.63, 3.8) is 0 Å². The molecule has 116 heavy (non-hydrogen) atoms. The molecule has 1 unspecified atom stereocenters. The maximum absolute atomic E-state index is 13.1. The van der Waals surface area contributed by atoms with Crippen molar-refractivity contribution in [1.29, 1.82) is 21.0 Å². The molecule has 8 aromatic rings. The zero-order chi connectivity index (χ0) is 83.4. The Morgan fingerprint density at radius 1 is 0.509 bits per heavy atom. The first-order valence-electron chi connectivity index (χ1n) is 40.2. The van der Waals surface area contributed by atoms with Gasteiger partial charge in [0.05, 0.1) is 72.1 Å². The molecule has 4 fully saturated rings. The largest absolute Gasteiger partial charge is 0.478 e. The molecule has 31 heteroatoms. The summed E-state index contributed by atoms with van der Waals surface area (Å²) in [6.07, 6.45) is 30.2. The number of aryl methyl sites for hydroxylation is 2. The average Bonchev–Trinajstić information content (AvgIpc) is 0.734. The molecule has 0 amide bonds. The Kier molecular flexibility index (Phi) is 32.4. The Morgan fingerprint density at radius 3 is 1.41 bits per heavy atom. The predicted molar refractivity (Wildman–Crippen MR) is 442 cm³/mol. The van der Waals surface area contributed by atoms with Gasteiger partial charge in [-0.2, -0.15) is 36.0 Å². The minimum absolute atomic E-state index is 0.0948. The molecular formula is C85H113FN24O6. The summed E-state index contributed by atoms with van der Waals surface area (Å²) in [5.41, 5.74) is 7.60. The van der Waals surface area contributed by atoms with Crippen LogP contribution in [0.25, 0.3) is 0 Å². The lowest BCUT2D eigenvalue weighted by Crippen LogP contribution is -2.59. The topological polar surface area (TPSA) is 446 Å². The molecule has 4 aliphatic rings. The Balaban J connectivity index is 0.000000177. The summed E-state index contributed by atoms with van der Waals surface area (Å²) < 4.78 is 23.9. The molecule has 8 heterocycles. The number of hydrogen-bond donors (Lipinski definition) is 11. The van der Waals surface area contributed by atoms with E-state index < -0.39 is 11.8 Å². The molecule has 4 saturated carbocycles. The van der Waals surface area contributed by atoms with Crippen LogP contribution in [0.5, 0.6) is 11.8 Å². The van der Waals surface area contributed by atoms with E-state index in [0.29, 0.717) is 126 Å². The monoisotopic (exact) mass is 1580 g/mol. The summed E-state index contributed by atoms with van der Waals surface area (Å²) in [5, 5.41) is 101. The molecule has 12 rings (SSSR count).